The maximum atomic E-state index is 11.2. The zero-order valence-electron chi connectivity index (χ0n) is 8.46. The highest BCUT2D eigenvalue weighted by atomic mass is 32.2. The van der Waals surface area contributed by atoms with Crippen molar-refractivity contribution in [2.24, 2.45) is 5.92 Å². The first kappa shape index (κ1) is 10.9. The van der Waals surface area contributed by atoms with Crippen LogP contribution in [0.15, 0.2) is 0 Å². The maximum Gasteiger partial charge on any atom is 0.222 e. The third kappa shape index (κ3) is 3.56. The van der Waals surface area contributed by atoms with Crippen molar-refractivity contribution >= 4 is 17.7 Å². The number of nitrogens with one attached hydrogen (secondary N) is 2. The summed E-state index contributed by atoms with van der Waals surface area (Å²) in [6.45, 7) is 7.77. The molecule has 2 atom stereocenters. The van der Waals surface area contributed by atoms with E-state index in [1.54, 1.807) is 0 Å². The van der Waals surface area contributed by atoms with Gasteiger partial charge in [-0.3, -0.25) is 4.79 Å². The highest BCUT2D eigenvalue weighted by Gasteiger charge is 2.21. The quantitative estimate of drug-likeness (QED) is 0.711. The lowest BCUT2D eigenvalue weighted by Gasteiger charge is -2.11. The summed E-state index contributed by atoms with van der Waals surface area (Å²) in [5, 5.41) is 7.35. The van der Waals surface area contributed by atoms with Crippen molar-refractivity contribution in [1.82, 2.24) is 10.6 Å². The van der Waals surface area contributed by atoms with Crippen molar-refractivity contribution in [1.29, 1.82) is 0 Å². The molecule has 3 nitrogen and oxygen atoms in total. The van der Waals surface area contributed by atoms with Gasteiger partial charge in [-0.15, -0.1) is 11.8 Å². The van der Waals surface area contributed by atoms with Gasteiger partial charge in [0.1, 0.15) is 0 Å². The van der Waals surface area contributed by atoms with Gasteiger partial charge in [0.05, 0.1) is 5.37 Å². The predicted molar refractivity (Wildman–Crippen MR) is 56.7 cm³/mol. The van der Waals surface area contributed by atoms with Gasteiger partial charge in [0.2, 0.25) is 5.91 Å². The smallest absolute Gasteiger partial charge is 0.222 e. The molecule has 0 aliphatic carbocycles. The van der Waals surface area contributed by atoms with Gasteiger partial charge in [-0.1, -0.05) is 13.8 Å². The van der Waals surface area contributed by atoms with E-state index in [1.807, 2.05) is 25.6 Å². The van der Waals surface area contributed by atoms with Crippen LogP contribution in [0.1, 0.15) is 20.8 Å². The Kier molecular flexibility index (Phi) is 4.06. The molecule has 0 bridgehead atoms. The van der Waals surface area contributed by atoms with Gasteiger partial charge in [-0.2, -0.15) is 0 Å². The molecule has 1 heterocycles. The Balaban J connectivity index is 2.16. The van der Waals surface area contributed by atoms with Crippen molar-refractivity contribution in [3.63, 3.8) is 0 Å². The van der Waals surface area contributed by atoms with Crippen molar-refractivity contribution in [2.75, 3.05) is 13.1 Å². The number of carbonyl (C=O) groups excluding carboxylic acids is 1. The molecule has 1 aliphatic rings. The minimum atomic E-state index is 0.0942. The van der Waals surface area contributed by atoms with Crippen molar-refractivity contribution < 1.29 is 4.79 Å². The van der Waals surface area contributed by atoms with Gasteiger partial charge >= 0.3 is 0 Å². The monoisotopic (exact) mass is 202 g/mol. The normalized spacial score (nSPS) is 28.0. The SMILES string of the molecule is CC1NCC(CNC(=O)C(C)C)S1. The molecule has 0 radical (unpaired) electrons. The zero-order chi connectivity index (χ0) is 9.84. The lowest BCUT2D eigenvalue weighted by atomic mass is 10.2. The molecule has 1 fully saturated rings. The number of thioether (sulfide) groups is 1. The Morgan fingerprint density at radius 1 is 1.69 bits per heavy atom. The van der Waals surface area contributed by atoms with Crippen LogP contribution in [0.3, 0.4) is 0 Å². The molecule has 2 unspecified atom stereocenters. The number of hydrogen-bond donors (Lipinski definition) is 2. The van der Waals surface area contributed by atoms with Gasteiger partial charge in [0, 0.05) is 24.3 Å². The van der Waals surface area contributed by atoms with Crippen LogP contribution in [0.2, 0.25) is 0 Å². The number of hydrogen-bond acceptors (Lipinski definition) is 3. The lowest BCUT2D eigenvalue weighted by molar-refractivity contribution is -0.123. The first-order chi connectivity index (χ1) is 6.09. The van der Waals surface area contributed by atoms with E-state index < -0.39 is 0 Å². The number of carbonyl (C=O) groups is 1. The fraction of sp³-hybridized carbons (Fsp3) is 0.889. The first-order valence-corrected chi connectivity index (χ1v) is 5.70. The minimum Gasteiger partial charge on any atom is -0.355 e. The van der Waals surface area contributed by atoms with E-state index in [2.05, 4.69) is 17.6 Å². The van der Waals surface area contributed by atoms with Crippen molar-refractivity contribution in [3.05, 3.63) is 0 Å². The third-order valence-corrected chi connectivity index (χ3v) is 3.35. The average Bonchev–Trinajstić information content (AvgIpc) is 2.47. The lowest BCUT2D eigenvalue weighted by Crippen LogP contribution is -2.34. The van der Waals surface area contributed by atoms with Crippen molar-refractivity contribution in [3.8, 4) is 0 Å². The summed E-state index contributed by atoms with van der Waals surface area (Å²) in [6, 6.07) is 0. The summed E-state index contributed by atoms with van der Waals surface area (Å²) >= 11 is 1.89. The van der Waals surface area contributed by atoms with Crippen LogP contribution in [-0.2, 0) is 4.79 Å². The Morgan fingerprint density at radius 2 is 2.38 bits per heavy atom. The van der Waals surface area contributed by atoms with Crippen LogP contribution in [0.25, 0.3) is 0 Å². The van der Waals surface area contributed by atoms with Gasteiger partial charge in [-0.25, -0.2) is 0 Å². The molecule has 0 aromatic carbocycles. The van der Waals surface area contributed by atoms with Crippen LogP contribution in [-0.4, -0.2) is 29.6 Å². The van der Waals surface area contributed by atoms with Gasteiger partial charge in [0.25, 0.3) is 0 Å². The molecule has 1 rings (SSSR count). The minimum absolute atomic E-state index is 0.0942. The average molecular weight is 202 g/mol. The molecule has 0 saturated carbocycles. The van der Waals surface area contributed by atoms with E-state index >= 15 is 0 Å². The summed E-state index contributed by atoms with van der Waals surface area (Å²) in [5.41, 5.74) is 0. The summed E-state index contributed by atoms with van der Waals surface area (Å²) in [5.74, 6) is 0.247. The van der Waals surface area contributed by atoms with Gasteiger partial charge in [0.15, 0.2) is 0 Å². The van der Waals surface area contributed by atoms with Crippen LogP contribution in [0.4, 0.5) is 0 Å². The van der Waals surface area contributed by atoms with Gasteiger partial charge < -0.3 is 10.6 Å². The standard InChI is InChI=1S/C9H18N2OS/c1-6(2)9(12)11-5-8-4-10-7(3)13-8/h6-8,10H,4-5H2,1-3H3,(H,11,12). The van der Waals surface area contributed by atoms with Crippen LogP contribution < -0.4 is 10.6 Å². The Morgan fingerprint density at radius 3 is 2.85 bits per heavy atom. The second-order valence-electron chi connectivity index (χ2n) is 3.71. The summed E-state index contributed by atoms with van der Waals surface area (Å²) in [4.78, 5) is 11.2. The van der Waals surface area contributed by atoms with Crippen LogP contribution in [0, 0.1) is 5.92 Å². The van der Waals surface area contributed by atoms with E-state index in [0.29, 0.717) is 10.6 Å². The molecule has 1 saturated heterocycles. The molecule has 2 N–H and O–H groups in total. The van der Waals surface area contributed by atoms with E-state index in [1.165, 1.54) is 0 Å². The molecule has 0 spiro atoms. The topological polar surface area (TPSA) is 41.1 Å². The predicted octanol–water partition coefficient (Wildman–Crippen LogP) is 0.810. The number of amides is 1. The summed E-state index contributed by atoms with van der Waals surface area (Å²) < 4.78 is 0. The molecule has 13 heavy (non-hydrogen) atoms. The van der Waals surface area contributed by atoms with Crippen LogP contribution in [0.5, 0.6) is 0 Å². The fourth-order valence-corrected chi connectivity index (χ4v) is 2.36. The number of rotatable bonds is 3. The van der Waals surface area contributed by atoms with Gasteiger partial charge in [-0.05, 0) is 6.92 Å². The molecule has 0 aromatic rings. The molecule has 4 heteroatoms. The largest absolute Gasteiger partial charge is 0.355 e. The summed E-state index contributed by atoms with van der Waals surface area (Å²) in [6.07, 6.45) is 0. The zero-order valence-corrected chi connectivity index (χ0v) is 9.28. The summed E-state index contributed by atoms with van der Waals surface area (Å²) in [7, 11) is 0. The molecule has 0 aromatic heterocycles. The molecular formula is C9H18N2OS. The molecule has 1 aliphatic heterocycles. The van der Waals surface area contributed by atoms with E-state index in [4.69, 9.17) is 0 Å². The van der Waals surface area contributed by atoms with Crippen LogP contribution >= 0.6 is 11.8 Å². The Hall–Kier alpha value is -0.220. The molecule has 1 amide bonds. The second-order valence-corrected chi connectivity index (χ2v) is 5.35. The highest BCUT2D eigenvalue weighted by Crippen LogP contribution is 2.20. The maximum absolute atomic E-state index is 11.2. The van der Waals surface area contributed by atoms with Crippen molar-refractivity contribution in [2.45, 2.75) is 31.4 Å². The molecule has 76 valence electrons. The fourth-order valence-electron chi connectivity index (χ4n) is 1.22. The Bertz CT molecular complexity index is 184. The van der Waals surface area contributed by atoms with E-state index in [0.717, 1.165) is 13.1 Å². The highest BCUT2D eigenvalue weighted by molar-refractivity contribution is 8.00. The van der Waals surface area contributed by atoms with E-state index in [-0.39, 0.29) is 11.8 Å². The second kappa shape index (κ2) is 4.86. The third-order valence-electron chi connectivity index (χ3n) is 2.06. The van der Waals surface area contributed by atoms with E-state index in [9.17, 15) is 4.79 Å². The Labute approximate surface area is 84.0 Å². The first-order valence-electron chi connectivity index (χ1n) is 4.76. The molecular weight excluding hydrogens is 184 g/mol.